The van der Waals surface area contributed by atoms with E-state index in [2.05, 4.69) is 64.0 Å². The largest absolute Gasteiger partial charge is 0.354 e. The monoisotopic (exact) mass is 358 g/mol. The molecule has 142 valence electrons. The standard InChI is InChI=1S/C19H30N6O/c1-15(26)21-13-18-22-19(25(4)23-18)20-11-6-5-8-16-9-7-10-17(12-16)14-24(2)3/h7,9-10,12H,5-6,8,11,13-14H2,1-4H3,(H,21,26)(H,20,22,23). The summed E-state index contributed by atoms with van der Waals surface area (Å²) in [7, 11) is 6.03. The normalized spacial score (nSPS) is 11.0. The summed E-state index contributed by atoms with van der Waals surface area (Å²) in [5.74, 6) is 1.27. The molecule has 26 heavy (non-hydrogen) atoms. The fourth-order valence-electron chi connectivity index (χ4n) is 2.77. The molecule has 0 aliphatic heterocycles. The summed E-state index contributed by atoms with van der Waals surface area (Å²) in [6.07, 6.45) is 3.26. The Hall–Kier alpha value is -2.41. The summed E-state index contributed by atoms with van der Waals surface area (Å²) in [5.41, 5.74) is 2.75. The Balaban J connectivity index is 1.71. The first-order valence-corrected chi connectivity index (χ1v) is 9.05. The first kappa shape index (κ1) is 19.9. The molecule has 0 atom stereocenters. The van der Waals surface area contributed by atoms with Gasteiger partial charge in [0.2, 0.25) is 11.9 Å². The molecular weight excluding hydrogens is 328 g/mol. The van der Waals surface area contributed by atoms with Crippen LogP contribution in [0, 0.1) is 0 Å². The molecule has 7 nitrogen and oxygen atoms in total. The molecule has 0 aliphatic carbocycles. The number of carbonyl (C=O) groups excluding carboxylic acids is 1. The van der Waals surface area contributed by atoms with E-state index in [1.807, 2.05) is 7.05 Å². The van der Waals surface area contributed by atoms with Gasteiger partial charge in [0.05, 0.1) is 6.54 Å². The number of unbranched alkanes of at least 4 members (excludes halogenated alkanes) is 1. The van der Waals surface area contributed by atoms with Crippen LogP contribution in [0.4, 0.5) is 5.95 Å². The molecule has 1 aromatic heterocycles. The van der Waals surface area contributed by atoms with Gasteiger partial charge in [-0.25, -0.2) is 4.68 Å². The van der Waals surface area contributed by atoms with Gasteiger partial charge in [-0.1, -0.05) is 24.3 Å². The molecule has 1 amide bonds. The van der Waals surface area contributed by atoms with E-state index in [0.717, 1.165) is 38.3 Å². The fourth-order valence-corrected chi connectivity index (χ4v) is 2.77. The molecule has 7 heteroatoms. The zero-order valence-electron chi connectivity index (χ0n) is 16.2. The van der Waals surface area contributed by atoms with Crippen molar-refractivity contribution in [3.63, 3.8) is 0 Å². The van der Waals surface area contributed by atoms with Crippen molar-refractivity contribution in [2.75, 3.05) is 26.0 Å². The van der Waals surface area contributed by atoms with Crippen LogP contribution in [0.5, 0.6) is 0 Å². The van der Waals surface area contributed by atoms with E-state index in [9.17, 15) is 4.79 Å². The SMILES string of the molecule is CC(=O)NCc1nc(NCCCCc2cccc(CN(C)C)c2)n(C)n1. The number of anilines is 1. The first-order chi connectivity index (χ1) is 12.4. The summed E-state index contributed by atoms with van der Waals surface area (Å²) in [6.45, 7) is 3.66. The second-order valence-corrected chi connectivity index (χ2v) is 6.83. The smallest absolute Gasteiger partial charge is 0.221 e. The molecule has 0 saturated heterocycles. The van der Waals surface area contributed by atoms with Crippen LogP contribution in [0.25, 0.3) is 0 Å². The van der Waals surface area contributed by atoms with Crippen LogP contribution in [-0.4, -0.2) is 46.2 Å². The number of amides is 1. The number of aryl methyl sites for hydroxylation is 2. The third kappa shape index (κ3) is 6.84. The predicted molar refractivity (Wildman–Crippen MR) is 104 cm³/mol. The third-order valence-electron chi connectivity index (χ3n) is 3.97. The number of rotatable bonds is 10. The lowest BCUT2D eigenvalue weighted by atomic mass is 10.1. The van der Waals surface area contributed by atoms with Crippen LogP contribution in [0.2, 0.25) is 0 Å². The molecule has 0 bridgehead atoms. The van der Waals surface area contributed by atoms with Gasteiger partial charge in [-0.05, 0) is 44.5 Å². The highest BCUT2D eigenvalue weighted by molar-refractivity contribution is 5.72. The number of hydrogen-bond donors (Lipinski definition) is 2. The fraction of sp³-hybridized carbons (Fsp3) is 0.526. The summed E-state index contributed by atoms with van der Waals surface area (Å²) in [4.78, 5) is 17.5. The Morgan fingerprint density at radius 2 is 2.00 bits per heavy atom. The lowest BCUT2D eigenvalue weighted by molar-refractivity contribution is -0.119. The van der Waals surface area contributed by atoms with Gasteiger partial charge < -0.3 is 15.5 Å². The van der Waals surface area contributed by atoms with E-state index in [0.29, 0.717) is 12.4 Å². The average Bonchev–Trinajstić information content (AvgIpc) is 2.92. The van der Waals surface area contributed by atoms with E-state index in [-0.39, 0.29) is 5.91 Å². The van der Waals surface area contributed by atoms with Crippen molar-refractivity contribution in [1.29, 1.82) is 0 Å². The van der Waals surface area contributed by atoms with Crippen molar-refractivity contribution >= 4 is 11.9 Å². The molecule has 0 aliphatic rings. The third-order valence-corrected chi connectivity index (χ3v) is 3.97. The number of carbonyl (C=O) groups is 1. The molecule has 0 fully saturated rings. The van der Waals surface area contributed by atoms with Gasteiger partial charge in [0.1, 0.15) is 0 Å². The highest BCUT2D eigenvalue weighted by Gasteiger charge is 2.07. The summed E-state index contributed by atoms with van der Waals surface area (Å²) in [6, 6.07) is 8.81. The van der Waals surface area contributed by atoms with Gasteiger partial charge >= 0.3 is 0 Å². The maximum Gasteiger partial charge on any atom is 0.221 e. The van der Waals surface area contributed by atoms with E-state index in [1.165, 1.54) is 18.1 Å². The van der Waals surface area contributed by atoms with Gasteiger partial charge in [0, 0.05) is 27.1 Å². The lowest BCUT2D eigenvalue weighted by Crippen LogP contribution is -2.19. The molecule has 0 saturated carbocycles. The van der Waals surface area contributed by atoms with Crippen LogP contribution >= 0.6 is 0 Å². The molecule has 0 spiro atoms. The van der Waals surface area contributed by atoms with Gasteiger partial charge in [0.15, 0.2) is 5.82 Å². The Kier molecular flexibility index (Phi) is 7.59. The van der Waals surface area contributed by atoms with Crippen LogP contribution in [-0.2, 0) is 31.4 Å². The van der Waals surface area contributed by atoms with Crippen molar-refractivity contribution in [3.8, 4) is 0 Å². The topological polar surface area (TPSA) is 75.1 Å². The van der Waals surface area contributed by atoms with Crippen LogP contribution in [0.1, 0.15) is 36.7 Å². The van der Waals surface area contributed by atoms with E-state index < -0.39 is 0 Å². The minimum absolute atomic E-state index is 0.0818. The zero-order chi connectivity index (χ0) is 18.9. The van der Waals surface area contributed by atoms with Crippen molar-refractivity contribution in [2.24, 2.45) is 7.05 Å². The summed E-state index contributed by atoms with van der Waals surface area (Å²) < 4.78 is 1.71. The highest BCUT2D eigenvalue weighted by atomic mass is 16.1. The number of nitrogens with one attached hydrogen (secondary N) is 2. The second-order valence-electron chi connectivity index (χ2n) is 6.83. The van der Waals surface area contributed by atoms with Crippen molar-refractivity contribution in [1.82, 2.24) is 25.0 Å². The molecule has 2 rings (SSSR count). The highest BCUT2D eigenvalue weighted by Crippen LogP contribution is 2.10. The van der Waals surface area contributed by atoms with Gasteiger partial charge in [-0.2, -0.15) is 10.1 Å². The van der Waals surface area contributed by atoms with Crippen LogP contribution in [0.15, 0.2) is 24.3 Å². The zero-order valence-corrected chi connectivity index (χ0v) is 16.2. The molecule has 2 N–H and O–H groups in total. The van der Waals surface area contributed by atoms with Crippen LogP contribution in [0.3, 0.4) is 0 Å². The number of hydrogen-bond acceptors (Lipinski definition) is 5. The molecule has 1 aromatic carbocycles. The maximum absolute atomic E-state index is 11.0. The Morgan fingerprint density at radius 1 is 1.23 bits per heavy atom. The minimum atomic E-state index is -0.0818. The van der Waals surface area contributed by atoms with Gasteiger partial charge in [-0.15, -0.1) is 0 Å². The van der Waals surface area contributed by atoms with Gasteiger partial charge in [-0.3, -0.25) is 4.79 Å². The molecule has 0 radical (unpaired) electrons. The summed E-state index contributed by atoms with van der Waals surface area (Å²) in [5, 5.41) is 10.3. The van der Waals surface area contributed by atoms with Crippen molar-refractivity contribution < 1.29 is 4.79 Å². The Bertz CT molecular complexity index is 710. The van der Waals surface area contributed by atoms with E-state index in [1.54, 1.807) is 4.68 Å². The number of benzene rings is 1. The summed E-state index contributed by atoms with van der Waals surface area (Å²) >= 11 is 0. The first-order valence-electron chi connectivity index (χ1n) is 9.05. The average molecular weight is 358 g/mol. The quantitative estimate of drug-likeness (QED) is 0.635. The maximum atomic E-state index is 11.0. The van der Waals surface area contributed by atoms with Crippen molar-refractivity contribution in [2.45, 2.75) is 39.3 Å². The second kappa shape index (κ2) is 9.91. The minimum Gasteiger partial charge on any atom is -0.354 e. The molecule has 2 aromatic rings. The number of nitrogens with zero attached hydrogens (tertiary/aromatic N) is 4. The molecule has 1 heterocycles. The van der Waals surface area contributed by atoms with Gasteiger partial charge in [0.25, 0.3) is 0 Å². The lowest BCUT2D eigenvalue weighted by Gasteiger charge is -2.11. The predicted octanol–water partition coefficient (Wildman–Crippen LogP) is 1.95. The van der Waals surface area contributed by atoms with E-state index in [4.69, 9.17) is 0 Å². The van der Waals surface area contributed by atoms with Crippen molar-refractivity contribution in [3.05, 3.63) is 41.2 Å². The Morgan fingerprint density at radius 3 is 2.73 bits per heavy atom. The number of aromatic nitrogens is 3. The molecule has 0 unspecified atom stereocenters. The van der Waals surface area contributed by atoms with E-state index >= 15 is 0 Å². The molecular formula is C19H30N6O. The Labute approximate surface area is 155 Å². The van der Waals surface area contributed by atoms with Crippen LogP contribution < -0.4 is 10.6 Å².